The summed E-state index contributed by atoms with van der Waals surface area (Å²) in [6.07, 6.45) is -0.313. The summed E-state index contributed by atoms with van der Waals surface area (Å²) in [7, 11) is 0. The van der Waals surface area contributed by atoms with Crippen molar-refractivity contribution in [3.63, 3.8) is 0 Å². The molecule has 2 amide bonds. The molecule has 0 heterocycles. The van der Waals surface area contributed by atoms with E-state index in [1.165, 1.54) is 6.92 Å². The van der Waals surface area contributed by atoms with Gasteiger partial charge in [0.1, 0.15) is 6.04 Å². The smallest absolute Gasteiger partial charge is 0.320 e. The summed E-state index contributed by atoms with van der Waals surface area (Å²) < 4.78 is 0. The highest BCUT2D eigenvalue weighted by atomic mass is 16.4. The highest BCUT2D eigenvalue weighted by Crippen LogP contribution is 1.93. The van der Waals surface area contributed by atoms with Crippen LogP contribution in [0.25, 0.3) is 0 Å². The highest BCUT2D eigenvalue weighted by molar-refractivity contribution is 5.87. The third-order valence-corrected chi connectivity index (χ3v) is 1.57. The van der Waals surface area contributed by atoms with Crippen LogP contribution in [-0.2, 0) is 14.4 Å². The third-order valence-electron chi connectivity index (χ3n) is 1.57. The van der Waals surface area contributed by atoms with Crippen LogP contribution < -0.4 is 16.8 Å². The SMILES string of the molecule is CC(N[C@@H](CC(N)=O)C(N)=O)C(=O)O. The molecule has 0 bridgehead atoms. The van der Waals surface area contributed by atoms with E-state index in [9.17, 15) is 14.4 Å². The van der Waals surface area contributed by atoms with Gasteiger partial charge in [0.05, 0.1) is 12.5 Å². The zero-order valence-corrected chi connectivity index (χ0v) is 7.69. The highest BCUT2D eigenvalue weighted by Gasteiger charge is 2.22. The number of aliphatic carboxylic acids is 1. The van der Waals surface area contributed by atoms with Gasteiger partial charge in [-0.3, -0.25) is 19.7 Å². The molecule has 0 fully saturated rings. The monoisotopic (exact) mass is 203 g/mol. The van der Waals surface area contributed by atoms with Crippen LogP contribution in [0.15, 0.2) is 0 Å². The molecule has 0 aromatic carbocycles. The summed E-state index contributed by atoms with van der Waals surface area (Å²) in [4.78, 5) is 31.7. The molecule has 6 N–H and O–H groups in total. The topological polar surface area (TPSA) is 136 Å². The molecule has 0 saturated heterocycles. The van der Waals surface area contributed by atoms with Gasteiger partial charge in [-0.25, -0.2) is 0 Å². The molecular formula is C7H13N3O4. The Morgan fingerprint density at radius 2 is 1.86 bits per heavy atom. The van der Waals surface area contributed by atoms with Crippen molar-refractivity contribution in [2.24, 2.45) is 11.5 Å². The Bertz CT molecular complexity index is 253. The molecule has 0 aliphatic carbocycles. The first-order valence-electron chi connectivity index (χ1n) is 3.91. The van der Waals surface area contributed by atoms with Crippen LogP contribution >= 0.6 is 0 Å². The van der Waals surface area contributed by atoms with Crippen LogP contribution in [0.3, 0.4) is 0 Å². The Hall–Kier alpha value is -1.63. The van der Waals surface area contributed by atoms with Gasteiger partial charge in [0, 0.05) is 0 Å². The number of carbonyl (C=O) groups is 3. The minimum absolute atomic E-state index is 0.313. The number of hydrogen-bond acceptors (Lipinski definition) is 4. The van der Waals surface area contributed by atoms with E-state index in [2.05, 4.69) is 5.32 Å². The first kappa shape index (κ1) is 12.4. The van der Waals surface area contributed by atoms with Crippen molar-refractivity contribution in [3.8, 4) is 0 Å². The van der Waals surface area contributed by atoms with E-state index in [-0.39, 0.29) is 6.42 Å². The summed E-state index contributed by atoms with van der Waals surface area (Å²) in [5.41, 5.74) is 9.78. The first-order chi connectivity index (χ1) is 6.34. The maximum atomic E-state index is 10.8. The van der Waals surface area contributed by atoms with Crippen LogP contribution in [0.4, 0.5) is 0 Å². The van der Waals surface area contributed by atoms with E-state index in [4.69, 9.17) is 16.6 Å². The number of hydrogen-bond donors (Lipinski definition) is 4. The van der Waals surface area contributed by atoms with Gasteiger partial charge in [0.25, 0.3) is 0 Å². The number of primary amides is 2. The summed E-state index contributed by atoms with van der Waals surface area (Å²) in [5, 5.41) is 10.9. The Kier molecular flexibility index (Phi) is 4.57. The van der Waals surface area contributed by atoms with E-state index < -0.39 is 29.9 Å². The summed E-state index contributed by atoms with van der Waals surface area (Å²) in [6.45, 7) is 1.33. The molecule has 0 aliphatic rings. The number of carboxylic acid groups (broad SMARTS) is 1. The van der Waals surface area contributed by atoms with Crippen molar-refractivity contribution < 1.29 is 19.5 Å². The zero-order chi connectivity index (χ0) is 11.3. The van der Waals surface area contributed by atoms with Gasteiger partial charge in [0.15, 0.2) is 0 Å². The predicted octanol–water partition coefficient (Wildman–Crippen LogP) is -2.22. The van der Waals surface area contributed by atoms with Crippen molar-refractivity contribution in [1.29, 1.82) is 0 Å². The lowest BCUT2D eigenvalue weighted by Gasteiger charge is -2.16. The Balaban J connectivity index is 4.30. The van der Waals surface area contributed by atoms with Gasteiger partial charge in [-0.15, -0.1) is 0 Å². The number of rotatable bonds is 6. The quantitative estimate of drug-likeness (QED) is 0.387. The Labute approximate surface area is 80.4 Å². The lowest BCUT2D eigenvalue weighted by molar-refractivity contribution is -0.139. The fourth-order valence-corrected chi connectivity index (χ4v) is 0.816. The molecule has 0 saturated carbocycles. The van der Waals surface area contributed by atoms with Crippen LogP contribution in [0.1, 0.15) is 13.3 Å². The van der Waals surface area contributed by atoms with E-state index in [0.717, 1.165) is 0 Å². The van der Waals surface area contributed by atoms with Crippen LogP contribution in [0.5, 0.6) is 0 Å². The normalized spacial score (nSPS) is 14.4. The van der Waals surface area contributed by atoms with Crippen molar-refractivity contribution in [3.05, 3.63) is 0 Å². The number of carbonyl (C=O) groups excluding carboxylic acids is 2. The summed E-state index contributed by atoms with van der Waals surface area (Å²) in [5.74, 6) is -2.67. The van der Waals surface area contributed by atoms with Crippen molar-refractivity contribution in [2.75, 3.05) is 0 Å². The molecule has 0 spiro atoms. The molecule has 2 atom stereocenters. The molecule has 7 heteroatoms. The summed E-state index contributed by atoms with van der Waals surface area (Å²) >= 11 is 0. The van der Waals surface area contributed by atoms with Gasteiger partial charge in [-0.05, 0) is 6.92 Å². The standard InChI is InChI=1S/C7H13N3O4/c1-3(7(13)14)10-4(6(9)12)2-5(8)11/h3-4,10H,2H2,1H3,(H2,8,11)(H2,9,12)(H,13,14)/t3?,4-/m0/s1. The molecule has 14 heavy (non-hydrogen) atoms. The molecule has 7 nitrogen and oxygen atoms in total. The Morgan fingerprint density at radius 1 is 1.36 bits per heavy atom. The number of carboxylic acids is 1. The lowest BCUT2D eigenvalue weighted by Crippen LogP contribution is -2.49. The minimum atomic E-state index is -1.14. The van der Waals surface area contributed by atoms with Crippen molar-refractivity contribution in [2.45, 2.75) is 25.4 Å². The first-order valence-corrected chi connectivity index (χ1v) is 3.91. The average Bonchev–Trinajstić information content (AvgIpc) is 2.01. The van der Waals surface area contributed by atoms with E-state index in [1.807, 2.05) is 0 Å². The van der Waals surface area contributed by atoms with E-state index >= 15 is 0 Å². The molecule has 0 aromatic heterocycles. The second-order valence-electron chi connectivity index (χ2n) is 2.85. The maximum Gasteiger partial charge on any atom is 0.320 e. The van der Waals surface area contributed by atoms with Crippen LogP contribution in [0, 0.1) is 0 Å². The summed E-state index contributed by atoms with van der Waals surface area (Å²) in [6, 6.07) is -2.01. The number of nitrogens with one attached hydrogen (secondary N) is 1. The minimum Gasteiger partial charge on any atom is -0.480 e. The molecule has 80 valence electrons. The second-order valence-corrected chi connectivity index (χ2v) is 2.85. The molecule has 0 radical (unpaired) electrons. The van der Waals surface area contributed by atoms with E-state index in [1.54, 1.807) is 0 Å². The zero-order valence-electron chi connectivity index (χ0n) is 7.69. The molecule has 0 rings (SSSR count). The van der Waals surface area contributed by atoms with Gasteiger partial charge >= 0.3 is 5.97 Å². The average molecular weight is 203 g/mol. The largest absolute Gasteiger partial charge is 0.480 e. The fourth-order valence-electron chi connectivity index (χ4n) is 0.816. The predicted molar refractivity (Wildman–Crippen MR) is 47.0 cm³/mol. The van der Waals surface area contributed by atoms with Gasteiger partial charge in [-0.1, -0.05) is 0 Å². The lowest BCUT2D eigenvalue weighted by atomic mass is 10.1. The molecular weight excluding hydrogens is 190 g/mol. The van der Waals surface area contributed by atoms with Crippen LogP contribution in [-0.4, -0.2) is 35.0 Å². The molecule has 0 aliphatic heterocycles. The van der Waals surface area contributed by atoms with Crippen molar-refractivity contribution in [1.82, 2.24) is 5.32 Å². The fraction of sp³-hybridized carbons (Fsp3) is 0.571. The van der Waals surface area contributed by atoms with Gasteiger partial charge < -0.3 is 16.6 Å². The van der Waals surface area contributed by atoms with E-state index in [0.29, 0.717) is 0 Å². The third kappa shape index (κ3) is 4.41. The van der Waals surface area contributed by atoms with Crippen LogP contribution in [0.2, 0.25) is 0 Å². The number of nitrogens with two attached hydrogens (primary N) is 2. The van der Waals surface area contributed by atoms with Crippen molar-refractivity contribution >= 4 is 17.8 Å². The molecule has 1 unspecified atom stereocenters. The number of amides is 2. The maximum absolute atomic E-state index is 10.8. The molecule has 0 aromatic rings. The van der Waals surface area contributed by atoms with Gasteiger partial charge in [0.2, 0.25) is 11.8 Å². The second kappa shape index (κ2) is 5.18. The van der Waals surface area contributed by atoms with Gasteiger partial charge in [-0.2, -0.15) is 0 Å². The Morgan fingerprint density at radius 3 is 2.14 bits per heavy atom.